The van der Waals surface area contributed by atoms with Gasteiger partial charge in [-0.05, 0) is 141 Å². The normalized spacial score (nSPS) is 9.82. The Kier molecular flexibility index (Phi) is 46.9. The van der Waals surface area contributed by atoms with Gasteiger partial charge < -0.3 is 45.5 Å². The number of aryl methyl sites for hydroxylation is 2. The summed E-state index contributed by atoms with van der Waals surface area (Å²) >= 11 is 0. The van der Waals surface area contributed by atoms with E-state index in [-0.39, 0.29) is 140 Å². The van der Waals surface area contributed by atoms with Gasteiger partial charge >= 0.3 is 5.97 Å². The number of rotatable bonds is 9. The van der Waals surface area contributed by atoms with Crippen molar-refractivity contribution in [3.8, 4) is 67.7 Å². The van der Waals surface area contributed by atoms with Crippen LogP contribution in [0.15, 0.2) is 316 Å². The van der Waals surface area contributed by atoms with E-state index in [0.29, 0.717) is 11.4 Å². The summed E-state index contributed by atoms with van der Waals surface area (Å²) in [5, 5.41) is 36.2. The first-order valence-corrected chi connectivity index (χ1v) is 33.1. The Bertz CT molecular complexity index is 5310. The fourth-order valence-corrected chi connectivity index (χ4v) is 9.38. The van der Waals surface area contributed by atoms with Gasteiger partial charge in [-0.1, -0.05) is 137 Å². The van der Waals surface area contributed by atoms with E-state index in [2.05, 4.69) is 113 Å². The Balaban J connectivity index is 0.000000434. The van der Waals surface area contributed by atoms with E-state index in [1.54, 1.807) is 61.2 Å². The number of carbonyl (C=O) groups is 3. The first-order valence-electron chi connectivity index (χ1n) is 33.1. The van der Waals surface area contributed by atoms with Gasteiger partial charge in [-0.2, -0.15) is 0 Å². The van der Waals surface area contributed by atoms with E-state index < -0.39 is 29.2 Å². The molecule has 0 amide bonds. The molecule has 113 heavy (non-hydrogen) atoms. The van der Waals surface area contributed by atoms with Crippen molar-refractivity contribution in [3.63, 3.8) is 0 Å². The number of aromatic nitrogens is 9. The maximum absolute atomic E-state index is 13.4. The molecule has 0 aliphatic carbocycles. The van der Waals surface area contributed by atoms with Crippen molar-refractivity contribution in [2.45, 2.75) is 41.5 Å². The molecule has 0 aliphatic heterocycles. The van der Waals surface area contributed by atoms with Gasteiger partial charge in [-0.25, -0.2) is 9.78 Å². The predicted octanol–water partition coefficient (Wildman–Crippen LogP) is 20.2. The van der Waals surface area contributed by atoms with E-state index in [9.17, 15) is 31.9 Å². The van der Waals surface area contributed by atoms with Crippen LogP contribution in [0.2, 0.25) is 0 Å². The first kappa shape index (κ1) is 98.3. The van der Waals surface area contributed by atoms with Crippen LogP contribution < -0.4 is 5.10 Å². The zero-order valence-corrected chi connectivity index (χ0v) is 73.1. The number of hydrogen-bond donors (Lipinski definition) is 3. The fourth-order valence-electron chi connectivity index (χ4n) is 9.38. The fraction of sp³-hybridized carbons (Fsp3) is 0.0674. The average Bonchev–Trinajstić information content (AvgIpc) is 1.10. The molecule has 5 radical (unpaired) electrons. The molecule has 3 N–H and O–H groups in total. The third kappa shape index (κ3) is 35.2. The van der Waals surface area contributed by atoms with Crippen LogP contribution >= 0.6 is 0 Å². The predicted molar refractivity (Wildman–Crippen MR) is 413 cm³/mol. The van der Waals surface area contributed by atoms with Crippen molar-refractivity contribution in [2.24, 2.45) is 0 Å². The molecule has 0 atom stereocenters. The number of halogens is 4. The molecule has 587 valence electrons. The number of pyridine rings is 7. The number of para-hydroxylation sites is 1. The van der Waals surface area contributed by atoms with E-state index in [4.69, 9.17) is 15.3 Å². The number of aromatic carboxylic acids is 1. The number of hydrogen-bond acceptors (Lipinski definition) is 13. The molecule has 0 saturated carbocycles. The third-order valence-corrected chi connectivity index (χ3v) is 14.1. The molecule has 0 spiro atoms. The molecular formula is C89H71F4Ir5N9O6-6. The van der Waals surface area contributed by atoms with Crippen molar-refractivity contribution in [1.29, 1.82) is 0 Å². The quantitative estimate of drug-likeness (QED) is 0.0528. The van der Waals surface area contributed by atoms with Crippen LogP contribution in [0.5, 0.6) is 0 Å². The standard InChI is InChI=1S/2C15H10N.C12H8F2N.C12H10N.C11H6F2N.C8H6N3.C6H5NO2.2C5H8O2.5Ir/c1-2-7-13(8-3-1)15-14-9-5-4-6-12(14)10-11-16-15;1-2-6-12(7-3-1)15-11-10-13-8-4-5-9-14(13)16-15;1-8-4-5-15-12(6-8)10-3-2-9(13)7-11(10)14;1-10-6-5-9-13-12(10)11-7-3-2-4-8-11;12-8-4-5-9(10(13)7-8)11-3-1-2-6-14-11;1-2-5-9-7(3-1)8-4-6-10-11-8;8-6(9)5-3-1-2-4-7-5;2*1-4(6)3-5(2)7;;;;;/h1-7,9-11H;1-6,8-11H;2,4-7H,1H3;2-7,9H,1H3;1-4,6-7H;1-6H;1-4H,(H,8,9);2*3,6H,1-2H3;;;;;/q6*-1;;;;;;;;. The van der Waals surface area contributed by atoms with Gasteiger partial charge in [-0.15, -0.1) is 132 Å². The molecule has 0 bridgehead atoms. The minimum Gasteiger partial charge on any atom is -0.574 e. The van der Waals surface area contributed by atoms with Crippen LogP contribution in [-0.2, 0) is 110 Å². The second-order valence-corrected chi connectivity index (χ2v) is 22.7. The van der Waals surface area contributed by atoms with Crippen LogP contribution in [0.25, 0.3) is 89.4 Å². The van der Waals surface area contributed by atoms with Gasteiger partial charge in [0.15, 0.2) is 11.6 Å². The Morgan fingerprint density at radius 1 is 0.398 bits per heavy atom. The van der Waals surface area contributed by atoms with Crippen molar-refractivity contribution < 1.29 is 148 Å². The molecule has 24 heteroatoms. The number of nitrogens with zero attached hydrogens (tertiary/aromatic N) is 9. The number of aliphatic hydroxyl groups excluding tert-OH is 2. The van der Waals surface area contributed by atoms with E-state index in [1.165, 1.54) is 73.8 Å². The second-order valence-electron chi connectivity index (χ2n) is 22.7. The second kappa shape index (κ2) is 54.0. The van der Waals surface area contributed by atoms with Crippen LogP contribution in [-0.4, -0.2) is 72.8 Å². The van der Waals surface area contributed by atoms with Crippen LogP contribution in [0.3, 0.4) is 0 Å². The zero-order valence-electron chi connectivity index (χ0n) is 61.1. The smallest absolute Gasteiger partial charge is 0.354 e. The summed E-state index contributed by atoms with van der Waals surface area (Å²) in [6.45, 7) is 9.64. The number of aliphatic hydroxyl groups is 2. The van der Waals surface area contributed by atoms with Crippen molar-refractivity contribution in [2.75, 3.05) is 0 Å². The SMILES string of the molecule is CC(=O)C=C(C)O.CC(=O)C=C(C)O.Cc1cccnc1-c1[c-]cccc1.Cc1ccnc(-c2[c-]cc(F)cc2F)c1.Fc1c[c-]c(-c2ccccn2)c(F)c1.O=C(O)c1ccccn1.[Ir].[Ir].[Ir].[Ir].[Ir].[c-]1ccccc1-c1ccc2ccccc2n1.[c-]1ccccc1-c1nccc2ccccc12.c1ccc(-c2ccn[n-]2)nc1. The van der Waals surface area contributed by atoms with Gasteiger partial charge in [0.05, 0.1) is 17.0 Å². The van der Waals surface area contributed by atoms with Gasteiger partial charge in [0.2, 0.25) is 0 Å². The summed E-state index contributed by atoms with van der Waals surface area (Å²) in [4.78, 5) is 59.2. The summed E-state index contributed by atoms with van der Waals surface area (Å²) in [6, 6.07) is 89.7. The molecule has 8 heterocycles. The summed E-state index contributed by atoms with van der Waals surface area (Å²) in [5.41, 5.74) is 12.4. The van der Waals surface area contributed by atoms with Gasteiger partial charge in [0.25, 0.3) is 0 Å². The van der Waals surface area contributed by atoms with E-state index >= 15 is 0 Å². The number of benzene rings is 7. The van der Waals surface area contributed by atoms with Crippen molar-refractivity contribution >= 4 is 39.2 Å². The minimum absolute atomic E-state index is 0. The number of allylic oxidation sites excluding steroid dienone is 4. The maximum Gasteiger partial charge on any atom is 0.354 e. The molecule has 8 aromatic heterocycles. The Labute approximate surface area is 721 Å². The first-order chi connectivity index (χ1) is 52.2. The number of fused-ring (bicyclic) bond motifs is 2. The molecule has 7 aromatic carbocycles. The third-order valence-electron chi connectivity index (χ3n) is 14.1. The van der Waals surface area contributed by atoms with Gasteiger partial charge in [0.1, 0.15) is 5.69 Å². The monoisotopic (exact) mass is 2400 g/mol. The van der Waals surface area contributed by atoms with Crippen molar-refractivity contribution in [3.05, 3.63) is 386 Å². The molecule has 15 aromatic rings. The minimum atomic E-state index is -0.990. The largest absolute Gasteiger partial charge is 0.574 e. The Hall–Kier alpha value is -10.8. The number of carbonyl (C=O) groups excluding carboxylic acids is 2. The molecule has 0 fully saturated rings. The summed E-state index contributed by atoms with van der Waals surface area (Å²) in [6.07, 6.45) is 14.0. The van der Waals surface area contributed by atoms with Gasteiger partial charge in [0, 0.05) is 185 Å². The van der Waals surface area contributed by atoms with E-state index in [0.717, 1.165) is 80.5 Å². The average molecular weight is 2400 g/mol. The van der Waals surface area contributed by atoms with Gasteiger partial charge in [-0.3, -0.25) is 37.1 Å². The maximum atomic E-state index is 13.4. The zero-order chi connectivity index (χ0) is 77.4. The summed E-state index contributed by atoms with van der Waals surface area (Å²) in [7, 11) is 0. The van der Waals surface area contributed by atoms with Crippen LogP contribution in [0.1, 0.15) is 49.3 Å². The Morgan fingerprint density at radius 2 is 0.876 bits per heavy atom. The summed E-state index contributed by atoms with van der Waals surface area (Å²) in [5.74, 6) is -3.68. The van der Waals surface area contributed by atoms with E-state index in [1.807, 2.05) is 171 Å². The molecule has 0 saturated heterocycles. The Morgan fingerprint density at radius 3 is 1.35 bits per heavy atom. The van der Waals surface area contributed by atoms with Crippen LogP contribution in [0, 0.1) is 67.4 Å². The number of carboxylic acid groups (broad SMARTS) is 1. The molecule has 0 aliphatic rings. The number of carboxylic acids is 1. The molecule has 0 unspecified atom stereocenters. The van der Waals surface area contributed by atoms with Crippen molar-refractivity contribution in [1.82, 2.24) is 45.1 Å². The summed E-state index contributed by atoms with van der Waals surface area (Å²) < 4.78 is 51.8. The number of ketones is 2. The molecular weight excluding hydrogens is 2330 g/mol. The van der Waals surface area contributed by atoms with Crippen LogP contribution in [0.4, 0.5) is 17.6 Å². The topological polar surface area (TPSA) is 229 Å². The molecule has 15 rings (SSSR count). The molecule has 15 nitrogen and oxygen atoms in total.